The summed E-state index contributed by atoms with van der Waals surface area (Å²) in [5.74, 6) is -0.126. The molecule has 1 heterocycles. The van der Waals surface area contributed by atoms with Gasteiger partial charge in [-0.25, -0.2) is 0 Å². The van der Waals surface area contributed by atoms with Gasteiger partial charge in [0, 0.05) is 12.0 Å². The highest BCUT2D eigenvalue weighted by molar-refractivity contribution is 6.05. The van der Waals surface area contributed by atoms with Crippen LogP contribution in [-0.4, -0.2) is 24.3 Å². The second kappa shape index (κ2) is 7.82. The molecule has 1 unspecified atom stereocenters. The van der Waals surface area contributed by atoms with Gasteiger partial charge in [0.05, 0.1) is 18.6 Å². The highest BCUT2D eigenvalue weighted by Crippen LogP contribution is 2.38. The molecule has 2 aromatic rings. The SMILES string of the molecule is CCOC(=O)CCC(=O)NC1C(=O)c2ccccc2Oc2ccccc21. The number of ether oxygens (including phenoxy) is 2. The van der Waals surface area contributed by atoms with E-state index in [0.717, 1.165) is 0 Å². The summed E-state index contributed by atoms with van der Waals surface area (Å²) in [6.45, 7) is 1.97. The zero-order valence-corrected chi connectivity index (χ0v) is 14.4. The van der Waals surface area contributed by atoms with E-state index in [1.165, 1.54) is 0 Å². The normalized spacial score (nSPS) is 15.1. The average Bonchev–Trinajstić information content (AvgIpc) is 2.76. The summed E-state index contributed by atoms with van der Waals surface area (Å²) < 4.78 is 10.7. The van der Waals surface area contributed by atoms with E-state index in [-0.39, 0.29) is 25.2 Å². The number of fused-ring (bicyclic) bond motifs is 2. The standard InChI is InChI=1S/C20H19NO5/c1-2-25-18(23)12-11-17(22)21-19-13-7-3-5-9-15(13)26-16-10-6-4-8-14(16)20(19)24/h3-10,19H,2,11-12H2,1H3,(H,21,22). The van der Waals surface area contributed by atoms with Crippen LogP contribution in [0.1, 0.15) is 41.7 Å². The van der Waals surface area contributed by atoms with Gasteiger partial charge < -0.3 is 14.8 Å². The zero-order chi connectivity index (χ0) is 18.5. The Bertz CT molecular complexity index is 846. The first-order valence-corrected chi connectivity index (χ1v) is 8.45. The van der Waals surface area contributed by atoms with Crippen molar-refractivity contribution in [2.45, 2.75) is 25.8 Å². The van der Waals surface area contributed by atoms with Crippen LogP contribution in [0.25, 0.3) is 0 Å². The summed E-state index contributed by atoms with van der Waals surface area (Å²) in [7, 11) is 0. The molecule has 0 spiro atoms. The number of carbonyl (C=O) groups excluding carboxylic acids is 3. The van der Waals surface area contributed by atoms with Crippen LogP contribution in [0, 0.1) is 0 Å². The first-order chi connectivity index (χ1) is 12.6. The minimum absolute atomic E-state index is 0.0324. The van der Waals surface area contributed by atoms with E-state index in [1.807, 2.05) is 0 Å². The minimum atomic E-state index is -0.871. The Morgan fingerprint density at radius 3 is 2.50 bits per heavy atom. The number of hydrogen-bond acceptors (Lipinski definition) is 5. The Morgan fingerprint density at radius 2 is 1.73 bits per heavy atom. The van der Waals surface area contributed by atoms with Crippen molar-refractivity contribution in [3.63, 3.8) is 0 Å². The van der Waals surface area contributed by atoms with Crippen LogP contribution in [0.15, 0.2) is 48.5 Å². The lowest BCUT2D eigenvalue weighted by molar-refractivity contribution is -0.144. The van der Waals surface area contributed by atoms with Crippen molar-refractivity contribution >= 4 is 17.7 Å². The van der Waals surface area contributed by atoms with Crippen LogP contribution in [-0.2, 0) is 14.3 Å². The fourth-order valence-corrected chi connectivity index (χ4v) is 2.81. The lowest BCUT2D eigenvalue weighted by Gasteiger charge is -2.17. The summed E-state index contributed by atoms with van der Waals surface area (Å²) in [6, 6.07) is 13.1. The topological polar surface area (TPSA) is 81.7 Å². The maximum atomic E-state index is 13.0. The first-order valence-electron chi connectivity index (χ1n) is 8.45. The molecule has 1 amide bonds. The molecule has 3 rings (SSSR count). The minimum Gasteiger partial charge on any atom is -0.466 e. The predicted molar refractivity (Wildman–Crippen MR) is 94.0 cm³/mol. The van der Waals surface area contributed by atoms with Gasteiger partial charge in [0.15, 0.2) is 5.78 Å². The van der Waals surface area contributed by atoms with E-state index in [9.17, 15) is 14.4 Å². The lowest BCUT2D eigenvalue weighted by atomic mass is 9.97. The van der Waals surface area contributed by atoms with Crippen LogP contribution < -0.4 is 10.1 Å². The van der Waals surface area contributed by atoms with Gasteiger partial charge in [-0.2, -0.15) is 0 Å². The number of rotatable bonds is 5. The molecular weight excluding hydrogens is 334 g/mol. The van der Waals surface area contributed by atoms with Gasteiger partial charge in [-0.15, -0.1) is 0 Å². The summed E-state index contributed by atoms with van der Waals surface area (Å²) >= 11 is 0. The highest BCUT2D eigenvalue weighted by Gasteiger charge is 2.31. The second-order valence-electron chi connectivity index (χ2n) is 5.81. The third-order valence-electron chi connectivity index (χ3n) is 4.03. The molecule has 1 aliphatic heterocycles. The summed E-state index contributed by atoms with van der Waals surface area (Å²) in [5, 5.41) is 2.73. The molecule has 6 nitrogen and oxygen atoms in total. The van der Waals surface area contributed by atoms with E-state index < -0.39 is 17.9 Å². The Morgan fingerprint density at radius 1 is 1.04 bits per heavy atom. The van der Waals surface area contributed by atoms with E-state index in [2.05, 4.69) is 5.32 Å². The molecule has 1 atom stereocenters. The van der Waals surface area contributed by atoms with Gasteiger partial charge in [0.2, 0.25) is 5.91 Å². The number of benzene rings is 2. The largest absolute Gasteiger partial charge is 0.466 e. The molecule has 0 radical (unpaired) electrons. The number of esters is 1. The van der Waals surface area contributed by atoms with Crippen LogP contribution >= 0.6 is 0 Å². The zero-order valence-electron chi connectivity index (χ0n) is 14.4. The molecule has 1 aliphatic rings. The van der Waals surface area contributed by atoms with Crippen molar-refractivity contribution in [2.24, 2.45) is 0 Å². The molecule has 0 bridgehead atoms. The maximum absolute atomic E-state index is 13.0. The smallest absolute Gasteiger partial charge is 0.306 e. The molecule has 0 saturated heterocycles. The number of amides is 1. The van der Waals surface area contributed by atoms with E-state index in [0.29, 0.717) is 22.6 Å². The van der Waals surface area contributed by atoms with Crippen LogP contribution in [0.3, 0.4) is 0 Å². The molecule has 1 N–H and O–H groups in total. The second-order valence-corrected chi connectivity index (χ2v) is 5.81. The lowest BCUT2D eigenvalue weighted by Crippen LogP contribution is -2.33. The predicted octanol–water partition coefficient (Wildman–Crippen LogP) is 3.18. The maximum Gasteiger partial charge on any atom is 0.306 e. The third-order valence-corrected chi connectivity index (χ3v) is 4.03. The Hall–Kier alpha value is -3.15. The van der Waals surface area contributed by atoms with Crippen molar-refractivity contribution in [3.8, 4) is 11.5 Å². The monoisotopic (exact) mass is 353 g/mol. The molecule has 0 saturated carbocycles. The van der Waals surface area contributed by atoms with E-state index in [4.69, 9.17) is 9.47 Å². The first kappa shape index (κ1) is 17.7. The van der Waals surface area contributed by atoms with Crippen molar-refractivity contribution < 1.29 is 23.9 Å². The summed E-state index contributed by atoms with van der Waals surface area (Å²) in [5.41, 5.74) is 0.984. The number of Topliss-reactive ketones (excluding diaryl/α,β-unsaturated/α-hetero) is 1. The Kier molecular flexibility index (Phi) is 5.31. The Balaban J connectivity index is 1.84. The quantitative estimate of drug-likeness (QED) is 0.835. The van der Waals surface area contributed by atoms with Crippen LogP contribution in [0.2, 0.25) is 0 Å². The van der Waals surface area contributed by atoms with Gasteiger partial charge in [0.25, 0.3) is 0 Å². The molecular formula is C20H19NO5. The van der Waals surface area contributed by atoms with Crippen molar-refractivity contribution in [1.29, 1.82) is 0 Å². The number of nitrogens with one attached hydrogen (secondary N) is 1. The summed E-state index contributed by atoms with van der Waals surface area (Å²) in [4.78, 5) is 36.7. The molecule has 0 aromatic heterocycles. The molecule has 6 heteroatoms. The number of para-hydroxylation sites is 2. The van der Waals surface area contributed by atoms with Crippen LogP contribution in [0.4, 0.5) is 0 Å². The van der Waals surface area contributed by atoms with Crippen molar-refractivity contribution in [2.75, 3.05) is 6.61 Å². The van der Waals surface area contributed by atoms with E-state index in [1.54, 1.807) is 55.5 Å². The Labute approximate surface area is 151 Å². The average molecular weight is 353 g/mol. The number of hydrogen-bond donors (Lipinski definition) is 1. The number of ketones is 1. The van der Waals surface area contributed by atoms with Gasteiger partial charge >= 0.3 is 5.97 Å². The molecule has 2 aromatic carbocycles. The fraction of sp³-hybridized carbons (Fsp3) is 0.250. The summed E-state index contributed by atoms with van der Waals surface area (Å²) in [6.07, 6.45) is -0.0808. The van der Waals surface area contributed by atoms with Gasteiger partial charge in [0.1, 0.15) is 17.5 Å². The fourth-order valence-electron chi connectivity index (χ4n) is 2.81. The van der Waals surface area contributed by atoms with Gasteiger partial charge in [-0.3, -0.25) is 14.4 Å². The molecule has 26 heavy (non-hydrogen) atoms. The van der Waals surface area contributed by atoms with Gasteiger partial charge in [-0.05, 0) is 25.1 Å². The highest BCUT2D eigenvalue weighted by atomic mass is 16.5. The van der Waals surface area contributed by atoms with Crippen molar-refractivity contribution in [3.05, 3.63) is 59.7 Å². The van der Waals surface area contributed by atoms with Crippen LogP contribution in [0.5, 0.6) is 11.5 Å². The molecule has 134 valence electrons. The number of carbonyl (C=O) groups is 3. The molecule has 0 aliphatic carbocycles. The third kappa shape index (κ3) is 3.74. The van der Waals surface area contributed by atoms with Crippen molar-refractivity contribution in [1.82, 2.24) is 5.32 Å². The van der Waals surface area contributed by atoms with E-state index >= 15 is 0 Å². The van der Waals surface area contributed by atoms with Gasteiger partial charge in [-0.1, -0.05) is 30.3 Å². The molecule has 0 fully saturated rings.